The molecule has 3 N–H and O–H groups in total. The van der Waals surface area contributed by atoms with Crippen LogP contribution in [-0.2, 0) is 4.79 Å². The van der Waals surface area contributed by atoms with Crippen molar-refractivity contribution in [3.63, 3.8) is 0 Å². The summed E-state index contributed by atoms with van der Waals surface area (Å²) >= 11 is 0. The van der Waals surface area contributed by atoms with E-state index in [0.717, 1.165) is 5.92 Å². The number of rotatable bonds is 3. The summed E-state index contributed by atoms with van der Waals surface area (Å²) in [6.07, 6.45) is 3.25. The number of carbonyl (C=O) groups is 1. The lowest BCUT2D eigenvalue weighted by Gasteiger charge is -1.92. The van der Waals surface area contributed by atoms with Crippen LogP contribution >= 0.6 is 0 Å². The van der Waals surface area contributed by atoms with Gasteiger partial charge in [-0.3, -0.25) is 10.1 Å². The van der Waals surface area contributed by atoms with Gasteiger partial charge in [-0.05, 0) is 36.5 Å². The number of aliphatic imine (C=N–C) groups is 1. The average Bonchev–Trinajstić information content (AvgIpc) is 3.45. The minimum atomic E-state index is -0.0587. The molecule has 136 valence electrons. The van der Waals surface area contributed by atoms with Crippen LogP contribution in [0.2, 0.25) is 0 Å². The summed E-state index contributed by atoms with van der Waals surface area (Å²) in [5, 5.41) is 2.19. The second-order valence-electron chi connectivity index (χ2n) is 5.41. The number of oxazole rings is 1. The van der Waals surface area contributed by atoms with Crippen LogP contribution in [0.25, 0.3) is 11.1 Å². The van der Waals surface area contributed by atoms with Crippen LogP contribution in [0.5, 0.6) is 0 Å². The molecule has 1 amide bonds. The summed E-state index contributed by atoms with van der Waals surface area (Å²) in [5.74, 6) is 0.850. The number of fused-ring (bicyclic) bond motifs is 1. The predicted molar refractivity (Wildman–Crippen MR) is 104 cm³/mol. The van der Waals surface area contributed by atoms with E-state index in [1.807, 2.05) is 26.0 Å². The molecule has 0 saturated heterocycles. The molecule has 1 saturated carbocycles. The van der Waals surface area contributed by atoms with E-state index in [2.05, 4.69) is 45.6 Å². The average molecular weight is 352 g/mol. The van der Waals surface area contributed by atoms with Gasteiger partial charge in [-0.2, -0.15) is 9.98 Å². The Morgan fingerprint density at radius 1 is 1.15 bits per heavy atom. The van der Waals surface area contributed by atoms with Crippen molar-refractivity contribution in [1.29, 1.82) is 0 Å². The fourth-order valence-corrected chi connectivity index (χ4v) is 2.25. The Labute approximate surface area is 153 Å². The standard InChI is InChI=1S/C9H8N4O2.C9H10.C2H6/c10-8(11-5-14)13-9-12-6-3-1-2-4-7(6)15-9;1-2-4-8(5-3-1)9-6-7-9;1-2/h1-5H,(H3,10,11,12,13,14);1-5,9H,6-7H2;1-2H3. The van der Waals surface area contributed by atoms with E-state index in [9.17, 15) is 4.79 Å². The van der Waals surface area contributed by atoms with E-state index in [4.69, 9.17) is 10.2 Å². The molecule has 6 nitrogen and oxygen atoms in total. The zero-order chi connectivity index (χ0) is 18.8. The number of amides is 1. The molecule has 2 aromatic carbocycles. The SMILES string of the molecule is CC.N/C(=N\c1nc2ccccc2o1)NC=O.c1ccc(C2CC2)cc1. The van der Waals surface area contributed by atoms with Crippen molar-refractivity contribution < 1.29 is 9.21 Å². The Balaban J connectivity index is 0.000000188. The van der Waals surface area contributed by atoms with Gasteiger partial charge in [0.2, 0.25) is 12.4 Å². The van der Waals surface area contributed by atoms with Gasteiger partial charge in [-0.25, -0.2) is 0 Å². The number of guanidine groups is 1. The van der Waals surface area contributed by atoms with Gasteiger partial charge in [0.05, 0.1) is 0 Å². The number of nitrogens with zero attached hydrogens (tertiary/aromatic N) is 2. The highest BCUT2D eigenvalue weighted by atomic mass is 16.4. The number of nitrogens with one attached hydrogen (secondary N) is 1. The number of para-hydroxylation sites is 2. The Hall–Kier alpha value is -3.15. The largest absolute Gasteiger partial charge is 0.422 e. The quantitative estimate of drug-likeness (QED) is 0.421. The maximum absolute atomic E-state index is 10.1. The minimum absolute atomic E-state index is 0.0587. The summed E-state index contributed by atoms with van der Waals surface area (Å²) in [6.45, 7) is 4.00. The number of benzene rings is 2. The van der Waals surface area contributed by atoms with Gasteiger partial charge in [0.15, 0.2) is 5.58 Å². The molecule has 0 spiro atoms. The number of aromatic nitrogens is 1. The third kappa shape index (κ3) is 5.73. The highest BCUT2D eigenvalue weighted by molar-refractivity contribution is 5.88. The molecule has 26 heavy (non-hydrogen) atoms. The van der Waals surface area contributed by atoms with Gasteiger partial charge < -0.3 is 10.2 Å². The zero-order valence-corrected chi connectivity index (χ0v) is 15.1. The zero-order valence-electron chi connectivity index (χ0n) is 15.1. The Morgan fingerprint density at radius 3 is 2.42 bits per heavy atom. The molecule has 3 aromatic rings. The van der Waals surface area contributed by atoms with Gasteiger partial charge in [0.25, 0.3) is 0 Å². The van der Waals surface area contributed by atoms with Gasteiger partial charge in [-0.1, -0.05) is 56.3 Å². The van der Waals surface area contributed by atoms with E-state index in [0.29, 0.717) is 17.5 Å². The van der Waals surface area contributed by atoms with Crippen molar-refractivity contribution in [3.8, 4) is 0 Å². The third-order valence-electron chi connectivity index (χ3n) is 3.55. The molecular formula is C20H24N4O2. The van der Waals surface area contributed by atoms with E-state index >= 15 is 0 Å². The normalized spacial score (nSPS) is 13.1. The van der Waals surface area contributed by atoms with Crippen molar-refractivity contribution in [3.05, 3.63) is 60.2 Å². The van der Waals surface area contributed by atoms with Crippen molar-refractivity contribution in [2.45, 2.75) is 32.6 Å². The van der Waals surface area contributed by atoms with Crippen LogP contribution in [0.15, 0.2) is 64.0 Å². The smallest absolute Gasteiger partial charge is 0.325 e. The topological polar surface area (TPSA) is 93.5 Å². The van der Waals surface area contributed by atoms with Gasteiger partial charge in [-0.15, -0.1) is 0 Å². The second kappa shape index (κ2) is 9.98. The second-order valence-corrected chi connectivity index (χ2v) is 5.41. The van der Waals surface area contributed by atoms with Crippen molar-refractivity contribution in [2.75, 3.05) is 0 Å². The lowest BCUT2D eigenvalue weighted by molar-refractivity contribution is -0.108. The molecule has 0 aliphatic heterocycles. The number of hydrogen-bond acceptors (Lipinski definition) is 4. The lowest BCUT2D eigenvalue weighted by atomic mass is 10.1. The molecule has 4 rings (SSSR count). The fourth-order valence-electron chi connectivity index (χ4n) is 2.25. The summed E-state index contributed by atoms with van der Waals surface area (Å²) in [4.78, 5) is 17.9. The van der Waals surface area contributed by atoms with E-state index in [-0.39, 0.29) is 12.0 Å². The molecule has 6 heteroatoms. The monoisotopic (exact) mass is 352 g/mol. The summed E-state index contributed by atoms with van der Waals surface area (Å²) in [7, 11) is 0. The van der Waals surface area contributed by atoms with E-state index < -0.39 is 0 Å². The van der Waals surface area contributed by atoms with Crippen LogP contribution in [0.1, 0.15) is 38.2 Å². The molecule has 0 radical (unpaired) electrons. The van der Waals surface area contributed by atoms with Crippen LogP contribution in [0.3, 0.4) is 0 Å². The Morgan fingerprint density at radius 2 is 1.81 bits per heavy atom. The van der Waals surface area contributed by atoms with Crippen LogP contribution in [0, 0.1) is 0 Å². The summed E-state index contributed by atoms with van der Waals surface area (Å²) < 4.78 is 5.25. The highest BCUT2D eigenvalue weighted by Gasteiger charge is 2.22. The van der Waals surface area contributed by atoms with Crippen molar-refractivity contribution in [2.24, 2.45) is 10.7 Å². The highest BCUT2D eigenvalue weighted by Crippen LogP contribution is 2.39. The molecular weight excluding hydrogens is 328 g/mol. The number of hydrogen-bond donors (Lipinski definition) is 2. The van der Waals surface area contributed by atoms with Gasteiger partial charge >= 0.3 is 6.01 Å². The number of nitrogens with two attached hydrogens (primary N) is 1. The first-order valence-corrected chi connectivity index (χ1v) is 8.71. The van der Waals surface area contributed by atoms with Crippen molar-refractivity contribution >= 4 is 29.5 Å². The first-order chi connectivity index (χ1) is 12.8. The van der Waals surface area contributed by atoms with Crippen LogP contribution in [-0.4, -0.2) is 17.4 Å². The summed E-state index contributed by atoms with van der Waals surface area (Å²) in [6, 6.07) is 18.1. The maximum Gasteiger partial charge on any atom is 0.325 e. The van der Waals surface area contributed by atoms with Crippen LogP contribution < -0.4 is 11.1 Å². The fraction of sp³-hybridized carbons (Fsp3) is 0.250. The Kier molecular flexibility index (Phi) is 7.36. The van der Waals surface area contributed by atoms with E-state index in [1.54, 1.807) is 12.1 Å². The molecule has 1 heterocycles. The molecule has 1 aliphatic rings. The van der Waals surface area contributed by atoms with Gasteiger partial charge in [0, 0.05) is 0 Å². The van der Waals surface area contributed by atoms with Crippen molar-refractivity contribution in [1.82, 2.24) is 10.3 Å². The molecule has 0 unspecified atom stereocenters. The maximum atomic E-state index is 10.1. The first-order valence-electron chi connectivity index (χ1n) is 8.71. The summed E-state index contributed by atoms with van der Waals surface area (Å²) in [5.41, 5.74) is 8.18. The molecule has 1 aromatic heterocycles. The Bertz CT molecular complexity index is 806. The van der Waals surface area contributed by atoms with Crippen LogP contribution in [0.4, 0.5) is 6.01 Å². The molecule has 0 bridgehead atoms. The first kappa shape index (κ1) is 19.2. The molecule has 1 fully saturated rings. The van der Waals surface area contributed by atoms with E-state index in [1.165, 1.54) is 18.4 Å². The minimum Gasteiger partial charge on any atom is -0.422 e. The van der Waals surface area contributed by atoms with Gasteiger partial charge in [0.1, 0.15) is 5.52 Å². The third-order valence-corrected chi connectivity index (χ3v) is 3.55. The molecule has 0 atom stereocenters. The number of carbonyl (C=O) groups excluding carboxylic acids is 1. The predicted octanol–water partition coefficient (Wildman–Crippen LogP) is 4.11. The lowest BCUT2D eigenvalue weighted by Crippen LogP contribution is -2.29. The molecule has 1 aliphatic carbocycles.